The summed E-state index contributed by atoms with van der Waals surface area (Å²) in [5, 5.41) is 0. The minimum Gasteiger partial charge on any atom is -0.330 e. The molecule has 64 valence electrons. The van der Waals surface area contributed by atoms with Gasteiger partial charge in [0.25, 0.3) is 0 Å². The first-order chi connectivity index (χ1) is 5.75. The number of hydrogen-bond donors (Lipinski definition) is 1. The van der Waals surface area contributed by atoms with E-state index in [0.717, 1.165) is 5.56 Å². The lowest BCUT2D eigenvalue weighted by molar-refractivity contribution is 0.0984. The molecule has 0 aliphatic carbocycles. The Hall–Kier alpha value is -1.22. The molecule has 0 atom stereocenters. The fourth-order valence-electron chi connectivity index (χ4n) is 1.02. The number of pyridine rings is 1. The van der Waals surface area contributed by atoms with E-state index >= 15 is 0 Å². The van der Waals surface area contributed by atoms with Crippen LogP contribution in [0.25, 0.3) is 0 Å². The fraction of sp³-hybridized carbons (Fsp3) is 0.333. The minimum atomic E-state index is 0.0723. The smallest absolute Gasteiger partial charge is 0.165 e. The minimum absolute atomic E-state index is 0.0723. The van der Waals surface area contributed by atoms with Gasteiger partial charge in [-0.2, -0.15) is 0 Å². The summed E-state index contributed by atoms with van der Waals surface area (Å²) in [5.74, 6) is 0.0723. The highest BCUT2D eigenvalue weighted by molar-refractivity contribution is 5.97. The van der Waals surface area contributed by atoms with Crippen molar-refractivity contribution >= 4 is 5.78 Å². The molecule has 1 rings (SSSR count). The van der Waals surface area contributed by atoms with Gasteiger partial charge in [0, 0.05) is 24.4 Å². The van der Waals surface area contributed by atoms with Crippen LogP contribution in [0.5, 0.6) is 0 Å². The SMILES string of the molecule is Cc1ccncc1C(=O)CCN. The van der Waals surface area contributed by atoms with Crippen LogP contribution in [-0.4, -0.2) is 17.3 Å². The molecule has 1 aromatic heterocycles. The van der Waals surface area contributed by atoms with Gasteiger partial charge in [-0.05, 0) is 25.1 Å². The summed E-state index contributed by atoms with van der Waals surface area (Å²) < 4.78 is 0. The fourth-order valence-corrected chi connectivity index (χ4v) is 1.02. The molecule has 1 aromatic rings. The summed E-state index contributed by atoms with van der Waals surface area (Å²) >= 11 is 0. The number of nitrogens with zero attached hydrogens (tertiary/aromatic N) is 1. The Morgan fingerprint density at radius 2 is 2.42 bits per heavy atom. The predicted molar refractivity (Wildman–Crippen MR) is 47.0 cm³/mol. The first kappa shape index (κ1) is 8.87. The Bertz CT molecular complexity index is 284. The average molecular weight is 164 g/mol. The number of nitrogens with two attached hydrogens (primary N) is 1. The highest BCUT2D eigenvalue weighted by atomic mass is 16.1. The van der Waals surface area contributed by atoms with Crippen molar-refractivity contribution in [3.8, 4) is 0 Å². The Balaban J connectivity index is 2.87. The Kier molecular flexibility index (Phi) is 2.94. The first-order valence-electron chi connectivity index (χ1n) is 3.89. The van der Waals surface area contributed by atoms with Crippen molar-refractivity contribution < 1.29 is 4.79 Å². The number of aromatic nitrogens is 1. The first-order valence-corrected chi connectivity index (χ1v) is 3.89. The normalized spacial score (nSPS) is 9.83. The van der Waals surface area contributed by atoms with E-state index in [9.17, 15) is 4.79 Å². The van der Waals surface area contributed by atoms with E-state index < -0.39 is 0 Å². The zero-order valence-electron chi connectivity index (χ0n) is 7.08. The number of rotatable bonds is 3. The zero-order chi connectivity index (χ0) is 8.97. The van der Waals surface area contributed by atoms with Crippen LogP contribution in [0.3, 0.4) is 0 Å². The van der Waals surface area contributed by atoms with Gasteiger partial charge in [-0.25, -0.2) is 0 Å². The molecule has 3 nitrogen and oxygen atoms in total. The van der Waals surface area contributed by atoms with E-state index in [2.05, 4.69) is 4.98 Å². The second kappa shape index (κ2) is 3.97. The maximum absolute atomic E-state index is 11.3. The van der Waals surface area contributed by atoms with Gasteiger partial charge in [0.15, 0.2) is 5.78 Å². The largest absolute Gasteiger partial charge is 0.330 e. The van der Waals surface area contributed by atoms with E-state index in [4.69, 9.17) is 5.73 Å². The predicted octanol–water partition coefficient (Wildman–Crippen LogP) is 0.922. The molecule has 0 bridgehead atoms. The maximum Gasteiger partial charge on any atom is 0.165 e. The Morgan fingerprint density at radius 1 is 1.67 bits per heavy atom. The van der Waals surface area contributed by atoms with Crippen molar-refractivity contribution in [2.24, 2.45) is 5.73 Å². The molecular formula is C9H12N2O. The van der Waals surface area contributed by atoms with Gasteiger partial charge >= 0.3 is 0 Å². The topological polar surface area (TPSA) is 56.0 Å². The van der Waals surface area contributed by atoms with Crippen LogP contribution in [0.4, 0.5) is 0 Å². The summed E-state index contributed by atoms with van der Waals surface area (Å²) in [6.45, 7) is 2.29. The van der Waals surface area contributed by atoms with Crippen LogP contribution >= 0.6 is 0 Å². The van der Waals surface area contributed by atoms with Crippen molar-refractivity contribution in [1.82, 2.24) is 4.98 Å². The molecular weight excluding hydrogens is 152 g/mol. The van der Waals surface area contributed by atoms with Crippen molar-refractivity contribution in [1.29, 1.82) is 0 Å². The summed E-state index contributed by atoms with van der Waals surface area (Å²) in [5.41, 5.74) is 6.92. The number of hydrogen-bond acceptors (Lipinski definition) is 3. The van der Waals surface area contributed by atoms with Crippen molar-refractivity contribution in [2.45, 2.75) is 13.3 Å². The second-order valence-electron chi connectivity index (χ2n) is 2.65. The molecule has 3 heteroatoms. The van der Waals surface area contributed by atoms with Crippen LogP contribution in [0.2, 0.25) is 0 Å². The molecule has 2 N–H and O–H groups in total. The maximum atomic E-state index is 11.3. The summed E-state index contributed by atoms with van der Waals surface area (Å²) in [4.78, 5) is 15.2. The third-order valence-corrected chi connectivity index (χ3v) is 1.71. The molecule has 0 fully saturated rings. The molecule has 0 aliphatic heterocycles. The van der Waals surface area contributed by atoms with Gasteiger partial charge in [-0.3, -0.25) is 9.78 Å². The number of Topliss-reactive ketones (excluding diaryl/α,β-unsaturated/α-hetero) is 1. The molecule has 0 spiro atoms. The molecule has 0 saturated carbocycles. The van der Waals surface area contributed by atoms with Gasteiger partial charge in [-0.1, -0.05) is 0 Å². The summed E-state index contributed by atoms with van der Waals surface area (Å²) in [6, 6.07) is 1.82. The summed E-state index contributed by atoms with van der Waals surface area (Å²) in [7, 11) is 0. The lowest BCUT2D eigenvalue weighted by Gasteiger charge is -2.01. The van der Waals surface area contributed by atoms with Gasteiger partial charge in [0.05, 0.1) is 0 Å². The zero-order valence-corrected chi connectivity index (χ0v) is 7.08. The van der Waals surface area contributed by atoms with Gasteiger partial charge in [0.1, 0.15) is 0 Å². The van der Waals surface area contributed by atoms with Gasteiger partial charge < -0.3 is 5.73 Å². The van der Waals surface area contributed by atoms with Crippen LogP contribution in [0.15, 0.2) is 18.5 Å². The number of ketones is 1. The molecule has 12 heavy (non-hydrogen) atoms. The third kappa shape index (κ3) is 1.89. The lowest BCUT2D eigenvalue weighted by atomic mass is 10.1. The van der Waals surface area contributed by atoms with Crippen LogP contribution in [-0.2, 0) is 0 Å². The number of carbonyl (C=O) groups excluding carboxylic acids is 1. The molecule has 0 aliphatic rings. The highest BCUT2D eigenvalue weighted by Crippen LogP contribution is 2.06. The van der Waals surface area contributed by atoms with Gasteiger partial charge in [-0.15, -0.1) is 0 Å². The van der Waals surface area contributed by atoms with Crippen molar-refractivity contribution in [2.75, 3.05) is 6.54 Å². The van der Waals surface area contributed by atoms with Crippen LogP contribution in [0.1, 0.15) is 22.3 Å². The molecule has 0 unspecified atom stereocenters. The van der Waals surface area contributed by atoms with Crippen molar-refractivity contribution in [3.63, 3.8) is 0 Å². The highest BCUT2D eigenvalue weighted by Gasteiger charge is 2.06. The van der Waals surface area contributed by atoms with E-state index in [1.54, 1.807) is 12.4 Å². The Labute approximate surface area is 71.6 Å². The van der Waals surface area contributed by atoms with Gasteiger partial charge in [0.2, 0.25) is 0 Å². The molecule has 0 amide bonds. The quantitative estimate of drug-likeness (QED) is 0.676. The van der Waals surface area contributed by atoms with E-state index in [0.29, 0.717) is 18.5 Å². The molecule has 0 saturated heterocycles. The standard InChI is InChI=1S/C9H12N2O/c1-7-3-5-11-6-8(7)9(12)2-4-10/h3,5-6H,2,4,10H2,1H3. The average Bonchev–Trinajstić information content (AvgIpc) is 2.05. The molecule has 0 radical (unpaired) electrons. The van der Waals surface area contributed by atoms with E-state index in [1.807, 2.05) is 13.0 Å². The van der Waals surface area contributed by atoms with Crippen molar-refractivity contribution in [3.05, 3.63) is 29.6 Å². The molecule has 0 aromatic carbocycles. The van der Waals surface area contributed by atoms with E-state index in [1.165, 1.54) is 0 Å². The van der Waals surface area contributed by atoms with Crippen LogP contribution in [0, 0.1) is 6.92 Å². The third-order valence-electron chi connectivity index (χ3n) is 1.71. The van der Waals surface area contributed by atoms with E-state index in [-0.39, 0.29) is 5.78 Å². The monoisotopic (exact) mass is 164 g/mol. The lowest BCUT2D eigenvalue weighted by Crippen LogP contribution is -2.09. The van der Waals surface area contributed by atoms with Crippen LogP contribution < -0.4 is 5.73 Å². The number of aryl methyl sites for hydroxylation is 1. The summed E-state index contributed by atoms with van der Waals surface area (Å²) in [6.07, 6.45) is 3.66. The molecule has 1 heterocycles. The number of carbonyl (C=O) groups is 1. The Morgan fingerprint density at radius 3 is 3.00 bits per heavy atom. The second-order valence-corrected chi connectivity index (χ2v) is 2.65.